The minimum atomic E-state index is -0.317. The molecule has 0 radical (unpaired) electrons. The van der Waals surface area contributed by atoms with E-state index in [1.165, 1.54) is 17.4 Å². The molecule has 106 valence electrons. The van der Waals surface area contributed by atoms with Gasteiger partial charge in [0.05, 0.1) is 10.0 Å². The second-order valence-corrected chi connectivity index (χ2v) is 5.60. The topological polar surface area (TPSA) is 64.1 Å². The molecule has 0 fully saturated rings. The average Bonchev–Trinajstić information content (AvgIpc) is 2.87. The van der Waals surface area contributed by atoms with Crippen LogP contribution in [-0.4, -0.2) is 22.7 Å². The average molecular weight is 332 g/mol. The Morgan fingerprint density at radius 2 is 2.15 bits per heavy atom. The maximum Gasteiger partial charge on any atom is 0.257 e. The van der Waals surface area contributed by atoms with Crippen molar-refractivity contribution in [3.05, 3.63) is 38.8 Å². The second-order valence-electron chi connectivity index (χ2n) is 3.72. The summed E-state index contributed by atoms with van der Waals surface area (Å²) in [4.78, 5) is 12.0. The van der Waals surface area contributed by atoms with E-state index in [-0.39, 0.29) is 5.91 Å². The van der Waals surface area contributed by atoms with E-state index in [0.29, 0.717) is 39.0 Å². The molecule has 0 atom stereocenters. The number of anilines is 1. The predicted molar refractivity (Wildman–Crippen MR) is 79.7 cm³/mol. The highest BCUT2D eigenvalue weighted by Crippen LogP contribution is 2.23. The third kappa shape index (κ3) is 3.89. The molecule has 8 heteroatoms. The number of ether oxygens (including phenoxy) is 1. The molecule has 1 N–H and O–H groups in total. The number of hydrogen-bond donors (Lipinski definition) is 1. The van der Waals surface area contributed by atoms with Gasteiger partial charge in [-0.05, 0) is 25.1 Å². The van der Waals surface area contributed by atoms with Crippen LogP contribution in [0.25, 0.3) is 0 Å². The zero-order valence-corrected chi connectivity index (χ0v) is 12.8. The molecule has 0 aliphatic heterocycles. The maximum atomic E-state index is 12.0. The Bertz CT molecular complexity index is 618. The third-order valence-electron chi connectivity index (χ3n) is 2.30. The number of rotatable bonds is 5. The number of aromatic nitrogens is 2. The summed E-state index contributed by atoms with van der Waals surface area (Å²) in [6.45, 7) is 2.88. The van der Waals surface area contributed by atoms with E-state index in [2.05, 4.69) is 15.5 Å². The van der Waals surface area contributed by atoms with Gasteiger partial charge in [0, 0.05) is 12.2 Å². The molecule has 2 aromatic rings. The van der Waals surface area contributed by atoms with Crippen LogP contribution in [0, 0.1) is 0 Å². The molecule has 1 amide bonds. The molecule has 0 aliphatic carbocycles. The van der Waals surface area contributed by atoms with E-state index >= 15 is 0 Å². The number of hydrogen-bond acceptors (Lipinski definition) is 5. The minimum Gasteiger partial charge on any atom is -0.374 e. The van der Waals surface area contributed by atoms with Crippen molar-refractivity contribution in [3.63, 3.8) is 0 Å². The van der Waals surface area contributed by atoms with Gasteiger partial charge in [-0.1, -0.05) is 34.5 Å². The molecular formula is C12H11Cl2N3O2S. The summed E-state index contributed by atoms with van der Waals surface area (Å²) in [6, 6.07) is 4.66. The largest absolute Gasteiger partial charge is 0.374 e. The first-order chi connectivity index (χ1) is 9.60. The van der Waals surface area contributed by atoms with Crippen LogP contribution >= 0.6 is 34.5 Å². The lowest BCUT2D eigenvalue weighted by atomic mass is 10.2. The molecule has 1 aromatic heterocycles. The fraction of sp³-hybridized carbons (Fsp3) is 0.250. The summed E-state index contributed by atoms with van der Waals surface area (Å²) in [5, 5.41) is 12.3. The van der Waals surface area contributed by atoms with E-state index < -0.39 is 0 Å². The number of amides is 1. The van der Waals surface area contributed by atoms with E-state index in [4.69, 9.17) is 27.9 Å². The molecule has 5 nitrogen and oxygen atoms in total. The Balaban J connectivity index is 2.03. The molecular weight excluding hydrogens is 321 g/mol. The highest BCUT2D eigenvalue weighted by Gasteiger charge is 2.11. The van der Waals surface area contributed by atoms with Crippen LogP contribution < -0.4 is 5.32 Å². The molecule has 0 spiro atoms. The highest BCUT2D eigenvalue weighted by atomic mass is 35.5. The minimum absolute atomic E-state index is 0.317. The van der Waals surface area contributed by atoms with Crippen LogP contribution in [0.3, 0.4) is 0 Å². The SMILES string of the molecule is CCOCc1nnc(NC(=O)c2ccc(Cl)c(Cl)c2)s1. The van der Waals surface area contributed by atoms with Gasteiger partial charge in [0.25, 0.3) is 5.91 Å². The van der Waals surface area contributed by atoms with Crippen LogP contribution in [0.5, 0.6) is 0 Å². The van der Waals surface area contributed by atoms with Crippen LogP contribution in [0.4, 0.5) is 5.13 Å². The first-order valence-electron chi connectivity index (χ1n) is 5.76. The van der Waals surface area contributed by atoms with Gasteiger partial charge in [-0.25, -0.2) is 0 Å². The quantitative estimate of drug-likeness (QED) is 0.908. The van der Waals surface area contributed by atoms with Crippen LogP contribution in [0.15, 0.2) is 18.2 Å². The molecule has 0 bridgehead atoms. The normalized spacial score (nSPS) is 10.6. The molecule has 0 saturated carbocycles. The van der Waals surface area contributed by atoms with Gasteiger partial charge in [-0.15, -0.1) is 10.2 Å². The molecule has 0 unspecified atom stereocenters. The van der Waals surface area contributed by atoms with Crippen molar-refractivity contribution in [2.24, 2.45) is 0 Å². The molecule has 0 aliphatic rings. The van der Waals surface area contributed by atoms with Gasteiger partial charge in [0.2, 0.25) is 5.13 Å². The summed E-state index contributed by atoms with van der Waals surface area (Å²) < 4.78 is 5.21. The van der Waals surface area contributed by atoms with Gasteiger partial charge in [-0.3, -0.25) is 10.1 Å². The predicted octanol–water partition coefficient (Wildman–Crippen LogP) is 3.63. The number of benzene rings is 1. The van der Waals surface area contributed by atoms with Crippen molar-refractivity contribution in [1.29, 1.82) is 0 Å². The van der Waals surface area contributed by atoms with E-state index in [1.807, 2.05) is 6.92 Å². The first kappa shape index (κ1) is 15.2. The Kier molecular flexibility index (Phi) is 5.31. The number of carbonyl (C=O) groups is 1. The van der Waals surface area contributed by atoms with Crippen molar-refractivity contribution in [2.45, 2.75) is 13.5 Å². The van der Waals surface area contributed by atoms with Crippen molar-refractivity contribution in [3.8, 4) is 0 Å². The first-order valence-corrected chi connectivity index (χ1v) is 7.34. The van der Waals surface area contributed by atoms with Gasteiger partial charge in [0.15, 0.2) is 0 Å². The fourth-order valence-corrected chi connectivity index (χ4v) is 2.33. The standard InChI is InChI=1S/C12H11Cl2N3O2S/c1-2-19-6-10-16-17-12(20-10)15-11(18)7-3-4-8(13)9(14)5-7/h3-5H,2,6H2,1H3,(H,15,17,18). The van der Waals surface area contributed by atoms with Crippen LogP contribution in [0.1, 0.15) is 22.3 Å². The number of nitrogens with one attached hydrogen (secondary N) is 1. The summed E-state index contributed by atoms with van der Waals surface area (Å²) >= 11 is 12.9. The Morgan fingerprint density at radius 1 is 1.35 bits per heavy atom. The van der Waals surface area contributed by atoms with Gasteiger partial charge in [-0.2, -0.15) is 0 Å². The summed E-state index contributed by atoms with van der Waals surface area (Å²) in [5.41, 5.74) is 0.404. The summed E-state index contributed by atoms with van der Waals surface area (Å²) in [5.74, 6) is -0.317. The molecule has 0 saturated heterocycles. The number of nitrogens with zero attached hydrogens (tertiary/aromatic N) is 2. The molecule has 2 rings (SSSR count). The zero-order valence-electron chi connectivity index (χ0n) is 10.5. The second kappa shape index (κ2) is 6.99. The lowest BCUT2D eigenvalue weighted by molar-refractivity contribution is 0.102. The molecule has 20 heavy (non-hydrogen) atoms. The lowest BCUT2D eigenvalue weighted by Crippen LogP contribution is -2.11. The highest BCUT2D eigenvalue weighted by molar-refractivity contribution is 7.15. The van der Waals surface area contributed by atoms with Gasteiger partial charge >= 0.3 is 0 Å². The molecule has 1 aromatic carbocycles. The van der Waals surface area contributed by atoms with Gasteiger partial charge < -0.3 is 4.74 Å². The van der Waals surface area contributed by atoms with E-state index in [9.17, 15) is 4.79 Å². The van der Waals surface area contributed by atoms with E-state index in [1.54, 1.807) is 12.1 Å². The van der Waals surface area contributed by atoms with Crippen molar-refractivity contribution < 1.29 is 9.53 Å². The lowest BCUT2D eigenvalue weighted by Gasteiger charge is -2.02. The van der Waals surface area contributed by atoms with Crippen LogP contribution in [0.2, 0.25) is 10.0 Å². The number of carbonyl (C=O) groups excluding carboxylic acids is 1. The third-order valence-corrected chi connectivity index (χ3v) is 3.85. The Hall–Kier alpha value is -1.21. The Labute approximate surface area is 129 Å². The molecule has 1 heterocycles. The van der Waals surface area contributed by atoms with Crippen LogP contribution in [-0.2, 0) is 11.3 Å². The summed E-state index contributed by atoms with van der Waals surface area (Å²) in [6.07, 6.45) is 0. The van der Waals surface area contributed by atoms with Crippen molar-refractivity contribution >= 4 is 45.6 Å². The van der Waals surface area contributed by atoms with Gasteiger partial charge in [0.1, 0.15) is 11.6 Å². The maximum absolute atomic E-state index is 12.0. The zero-order chi connectivity index (χ0) is 14.5. The summed E-state index contributed by atoms with van der Waals surface area (Å²) in [7, 11) is 0. The van der Waals surface area contributed by atoms with Crippen molar-refractivity contribution in [2.75, 3.05) is 11.9 Å². The Morgan fingerprint density at radius 3 is 2.85 bits per heavy atom. The number of halogens is 2. The fourth-order valence-electron chi connectivity index (χ4n) is 1.36. The van der Waals surface area contributed by atoms with E-state index in [0.717, 1.165) is 0 Å². The smallest absolute Gasteiger partial charge is 0.257 e. The monoisotopic (exact) mass is 331 g/mol. The van der Waals surface area contributed by atoms with Crippen molar-refractivity contribution in [1.82, 2.24) is 10.2 Å².